The molecule has 7 nitrogen and oxygen atoms in total. The maximum atomic E-state index is 14.2. The SMILES string of the molecule is CCCCCOc1ccc(NC(=S)NC(=O)CN2C(=O)c3ccccc3C2=O)cc1F. The van der Waals surface area contributed by atoms with Gasteiger partial charge in [0.1, 0.15) is 6.54 Å². The summed E-state index contributed by atoms with van der Waals surface area (Å²) in [5.74, 6) is -2.13. The Bertz CT molecular complexity index is 993. The number of thiocarbonyl (C=S) groups is 1. The van der Waals surface area contributed by atoms with Gasteiger partial charge in [-0.2, -0.15) is 0 Å². The van der Waals surface area contributed by atoms with Gasteiger partial charge < -0.3 is 15.4 Å². The van der Waals surface area contributed by atoms with Gasteiger partial charge in [0, 0.05) is 11.8 Å². The first-order valence-corrected chi connectivity index (χ1v) is 10.3. The van der Waals surface area contributed by atoms with Crippen molar-refractivity contribution >= 4 is 40.7 Å². The van der Waals surface area contributed by atoms with Crippen LogP contribution in [0.25, 0.3) is 0 Å². The molecule has 3 rings (SSSR count). The standard InChI is InChI=1S/C22H22FN3O4S/c1-2-3-6-11-30-18-10-9-14(12-17(18)23)24-22(31)25-19(27)13-26-20(28)15-7-4-5-8-16(15)21(26)29/h4-5,7-10,12H,2-3,6,11,13H2,1H3,(H2,24,25,27,31). The van der Waals surface area contributed by atoms with Crippen LogP contribution >= 0.6 is 12.2 Å². The minimum Gasteiger partial charge on any atom is -0.491 e. The van der Waals surface area contributed by atoms with E-state index in [4.69, 9.17) is 17.0 Å². The fourth-order valence-electron chi connectivity index (χ4n) is 3.08. The molecule has 0 unspecified atom stereocenters. The Morgan fingerprint density at radius 3 is 2.39 bits per heavy atom. The van der Waals surface area contributed by atoms with Crippen molar-refractivity contribution in [1.29, 1.82) is 0 Å². The van der Waals surface area contributed by atoms with Crippen molar-refractivity contribution in [2.24, 2.45) is 0 Å². The molecule has 2 aromatic rings. The van der Waals surface area contributed by atoms with Gasteiger partial charge in [0.25, 0.3) is 11.8 Å². The van der Waals surface area contributed by atoms with E-state index in [2.05, 4.69) is 17.6 Å². The highest BCUT2D eigenvalue weighted by Crippen LogP contribution is 2.23. The third kappa shape index (κ3) is 5.43. The fourth-order valence-corrected chi connectivity index (χ4v) is 3.32. The molecule has 0 saturated heterocycles. The zero-order valence-corrected chi connectivity index (χ0v) is 17.8. The van der Waals surface area contributed by atoms with E-state index in [1.54, 1.807) is 18.2 Å². The number of hydrogen-bond acceptors (Lipinski definition) is 5. The van der Waals surface area contributed by atoms with Gasteiger partial charge in [0.15, 0.2) is 16.7 Å². The summed E-state index contributed by atoms with van der Waals surface area (Å²) < 4.78 is 19.6. The van der Waals surface area contributed by atoms with E-state index in [0.717, 1.165) is 24.2 Å². The van der Waals surface area contributed by atoms with Crippen LogP contribution in [0.1, 0.15) is 46.9 Å². The zero-order chi connectivity index (χ0) is 22.4. The van der Waals surface area contributed by atoms with Gasteiger partial charge in [0.2, 0.25) is 5.91 Å². The zero-order valence-electron chi connectivity index (χ0n) is 16.9. The summed E-state index contributed by atoms with van der Waals surface area (Å²) in [5, 5.41) is 5.00. The molecule has 0 atom stereocenters. The van der Waals surface area contributed by atoms with Crippen molar-refractivity contribution in [2.45, 2.75) is 26.2 Å². The first-order chi connectivity index (χ1) is 14.9. The van der Waals surface area contributed by atoms with E-state index in [1.165, 1.54) is 24.3 Å². The highest BCUT2D eigenvalue weighted by atomic mass is 32.1. The van der Waals surface area contributed by atoms with Crippen molar-refractivity contribution in [3.05, 3.63) is 59.4 Å². The second-order valence-electron chi connectivity index (χ2n) is 6.95. The van der Waals surface area contributed by atoms with Crippen LogP contribution in [0.15, 0.2) is 42.5 Å². The van der Waals surface area contributed by atoms with Crippen LogP contribution < -0.4 is 15.4 Å². The van der Waals surface area contributed by atoms with Crippen molar-refractivity contribution in [2.75, 3.05) is 18.5 Å². The summed E-state index contributed by atoms with van der Waals surface area (Å²) in [6.07, 6.45) is 2.90. The van der Waals surface area contributed by atoms with Crippen LogP contribution in [0.2, 0.25) is 0 Å². The van der Waals surface area contributed by atoms with Crippen molar-refractivity contribution < 1.29 is 23.5 Å². The molecule has 2 N–H and O–H groups in total. The number of carbonyl (C=O) groups excluding carboxylic acids is 3. The van der Waals surface area contributed by atoms with Crippen LogP contribution in [-0.4, -0.2) is 40.9 Å². The Hall–Kier alpha value is -3.33. The number of imide groups is 1. The molecular weight excluding hydrogens is 421 g/mol. The number of benzene rings is 2. The fraction of sp³-hybridized carbons (Fsp3) is 0.273. The van der Waals surface area contributed by atoms with Crippen molar-refractivity contribution in [1.82, 2.24) is 10.2 Å². The lowest BCUT2D eigenvalue weighted by Crippen LogP contribution is -2.43. The molecule has 1 aliphatic rings. The average Bonchev–Trinajstić information content (AvgIpc) is 2.97. The van der Waals surface area contributed by atoms with Crippen molar-refractivity contribution in [3.63, 3.8) is 0 Å². The third-order valence-electron chi connectivity index (χ3n) is 4.63. The van der Waals surface area contributed by atoms with Gasteiger partial charge in [-0.3, -0.25) is 19.3 Å². The highest BCUT2D eigenvalue weighted by Gasteiger charge is 2.36. The first-order valence-electron chi connectivity index (χ1n) is 9.89. The summed E-state index contributed by atoms with van der Waals surface area (Å²) in [6, 6.07) is 10.6. The largest absolute Gasteiger partial charge is 0.491 e. The predicted molar refractivity (Wildman–Crippen MR) is 118 cm³/mol. The summed E-state index contributed by atoms with van der Waals surface area (Å²) in [5.41, 5.74) is 0.839. The number of amides is 3. The van der Waals surface area contributed by atoms with Gasteiger partial charge >= 0.3 is 0 Å². The molecule has 0 aromatic heterocycles. The second kappa shape index (κ2) is 10.1. The maximum Gasteiger partial charge on any atom is 0.262 e. The number of fused-ring (bicyclic) bond motifs is 1. The lowest BCUT2D eigenvalue weighted by molar-refractivity contribution is -0.120. The number of halogens is 1. The lowest BCUT2D eigenvalue weighted by Gasteiger charge is -2.15. The van der Waals surface area contributed by atoms with E-state index >= 15 is 0 Å². The van der Waals surface area contributed by atoms with Gasteiger partial charge in [-0.1, -0.05) is 31.9 Å². The van der Waals surface area contributed by atoms with Crippen LogP contribution in [0.3, 0.4) is 0 Å². The molecule has 0 spiro atoms. The molecule has 9 heteroatoms. The second-order valence-corrected chi connectivity index (χ2v) is 7.35. The lowest BCUT2D eigenvalue weighted by atomic mass is 10.1. The Morgan fingerprint density at radius 2 is 1.77 bits per heavy atom. The van der Waals surface area contributed by atoms with Gasteiger partial charge in [-0.05, 0) is 42.9 Å². The summed E-state index contributed by atoms with van der Waals surface area (Å²) in [7, 11) is 0. The Morgan fingerprint density at radius 1 is 1.10 bits per heavy atom. The molecule has 31 heavy (non-hydrogen) atoms. The van der Waals surface area contributed by atoms with E-state index in [1.807, 2.05) is 0 Å². The number of rotatable bonds is 8. The molecule has 1 heterocycles. The van der Waals surface area contributed by atoms with Gasteiger partial charge in [0.05, 0.1) is 17.7 Å². The van der Waals surface area contributed by atoms with Gasteiger partial charge in [-0.25, -0.2) is 4.39 Å². The number of ether oxygens (including phenoxy) is 1. The van der Waals surface area contributed by atoms with E-state index in [-0.39, 0.29) is 22.0 Å². The Kier molecular flexibility index (Phi) is 7.30. The molecule has 1 aliphatic heterocycles. The topological polar surface area (TPSA) is 87.7 Å². The van der Waals surface area contributed by atoms with Crippen LogP contribution in [0.4, 0.5) is 10.1 Å². The molecule has 0 fully saturated rings. The first kappa shape index (κ1) is 22.4. The monoisotopic (exact) mass is 443 g/mol. The van der Waals surface area contributed by atoms with Crippen LogP contribution in [0, 0.1) is 5.82 Å². The van der Waals surface area contributed by atoms with Gasteiger partial charge in [-0.15, -0.1) is 0 Å². The normalized spacial score (nSPS) is 12.5. The summed E-state index contributed by atoms with van der Waals surface area (Å²) >= 11 is 5.07. The van der Waals surface area contributed by atoms with Crippen LogP contribution in [0.5, 0.6) is 5.75 Å². The molecule has 0 saturated carbocycles. The molecule has 3 amide bonds. The Labute approximate surface area is 184 Å². The molecule has 0 radical (unpaired) electrons. The number of anilines is 1. The predicted octanol–water partition coefficient (Wildman–Crippen LogP) is 3.50. The molecule has 0 aliphatic carbocycles. The number of nitrogens with one attached hydrogen (secondary N) is 2. The number of carbonyl (C=O) groups is 3. The smallest absolute Gasteiger partial charge is 0.262 e. The van der Waals surface area contributed by atoms with Crippen molar-refractivity contribution in [3.8, 4) is 5.75 Å². The molecule has 162 valence electrons. The molecular formula is C22H22FN3O4S. The number of unbranched alkanes of at least 4 members (excludes halogenated alkanes) is 2. The summed E-state index contributed by atoms with van der Waals surface area (Å²) in [4.78, 5) is 37.8. The summed E-state index contributed by atoms with van der Waals surface area (Å²) in [6.45, 7) is 2.03. The Balaban J connectivity index is 1.52. The van der Waals surface area contributed by atoms with E-state index in [9.17, 15) is 18.8 Å². The highest BCUT2D eigenvalue weighted by molar-refractivity contribution is 7.80. The maximum absolute atomic E-state index is 14.2. The van der Waals surface area contributed by atoms with E-state index < -0.39 is 30.1 Å². The average molecular weight is 444 g/mol. The van der Waals surface area contributed by atoms with E-state index in [0.29, 0.717) is 12.3 Å². The third-order valence-corrected chi connectivity index (χ3v) is 4.83. The van der Waals surface area contributed by atoms with Crippen LogP contribution in [-0.2, 0) is 4.79 Å². The number of hydrogen-bond donors (Lipinski definition) is 2. The molecule has 2 aromatic carbocycles. The minimum atomic E-state index is -0.650. The number of nitrogens with zero attached hydrogens (tertiary/aromatic N) is 1. The molecule has 0 bridgehead atoms. The quantitative estimate of drug-likeness (QED) is 0.369. The minimum absolute atomic E-state index is 0.0855.